The van der Waals surface area contributed by atoms with Gasteiger partial charge in [0.05, 0.1) is 12.5 Å². The van der Waals surface area contributed by atoms with Crippen molar-refractivity contribution < 1.29 is 18.7 Å². The number of ketones is 1. The highest BCUT2D eigenvalue weighted by Crippen LogP contribution is 2.34. The summed E-state index contributed by atoms with van der Waals surface area (Å²) in [5.41, 5.74) is 1.95. The summed E-state index contributed by atoms with van der Waals surface area (Å²) in [5.74, 6) is 1.54. The zero-order chi connectivity index (χ0) is 17.1. The molecule has 2 aromatic carbocycles. The SMILES string of the molecule is C=CCOc1cccc2oc(C(=O)c3ccc(OC)cc3)c(C)c12. The van der Waals surface area contributed by atoms with E-state index in [-0.39, 0.29) is 5.78 Å². The van der Waals surface area contributed by atoms with Gasteiger partial charge in [-0.05, 0) is 43.3 Å². The van der Waals surface area contributed by atoms with Crippen LogP contribution < -0.4 is 9.47 Å². The fourth-order valence-corrected chi connectivity index (χ4v) is 2.62. The van der Waals surface area contributed by atoms with Gasteiger partial charge in [-0.1, -0.05) is 18.7 Å². The van der Waals surface area contributed by atoms with Crippen molar-refractivity contribution in [3.8, 4) is 11.5 Å². The molecule has 0 amide bonds. The second-order valence-corrected chi connectivity index (χ2v) is 5.34. The monoisotopic (exact) mass is 322 g/mol. The van der Waals surface area contributed by atoms with E-state index >= 15 is 0 Å². The third kappa shape index (κ3) is 2.78. The molecule has 24 heavy (non-hydrogen) atoms. The van der Waals surface area contributed by atoms with Crippen molar-refractivity contribution in [3.05, 3.63) is 72.0 Å². The highest BCUT2D eigenvalue weighted by atomic mass is 16.5. The van der Waals surface area contributed by atoms with Crippen molar-refractivity contribution in [1.29, 1.82) is 0 Å². The van der Waals surface area contributed by atoms with Crippen LogP contribution in [0.25, 0.3) is 11.0 Å². The van der Waals surface area contributed by atoms with Gasteiger partial charge in [0, 0.05) is 11.1 Å². The molecule has 3 rings (SSSR count). The summed E-state index contributed by atoms with van der Waals surface area (Å²) in [6.45, 7) is 5.91. The van der Waals surface area contributed by atoms with Crippen LogP contribution >= 0.6 is 0 Å². The number of fused-ring (bicyclic) bond motifs is 1. The van der Waals surface area contributed by atoms with E-state index in [1.54, 1.807) is 37.5 Å². The highest BCUT2D eigenvalue weighted by Gasteiger charge is 2.21. The van der Waals surface area contributed by atoms with Crippen LogP contribution in [0.2, 0.25) is 0 Å². The predicted molar refractivity (Wildman–Crippen MR) is 93.1 cm³/mol. The molecule has 1 aromatic heterocycles. The average Bonchev–Trinajstić information content (AvgIpc) is 2.97. The number of methoxy groups -OCH3 is 1. The number of benzene rings is 2. The summed E-state index contributed by atoms with van der Waals surface area (Å²) in [7, 11) is 1.59. The molecule has 0 unspecified atom stereocenters. The van der Waals surface area contributed by atoms with E-state index in [1.807, 2.05) is 25.1 Å². The van der Waals surface area contributed by atoms with E-state index < -0.39 is 0 Å². The van der Waals surface area contributed by atoms with Crippen LogP contribution in [0.5, 0.6) is 11.5 Å². The van der Waals surface area contributed by atoms with Crippen LogP contribution in [0, 0.1) is 6.92 Å². The number of hydrogen-bond acceptors (Lipinski definition) is 4. The number of furan rings is 1. The normalized spacial score (nSPS) is 10.6. The van der Waals surface area contributed by atoms with E-state index in [4.69, 9.17) is 13.9 Å². The average molecular weight is 322 g/mol. The summed E-state index contributed by atoms with van der Waals surface area (Å²) in [4.78, 5) is 12.8. The van der Waals surface area contributed by atoms with Crippen molar-refractivity contribution in [1.82, 2.24) is 0 Å². The Hall–Kier alpha value is -3.01. The molecule has 0 atom stereocenters. The minimum absolute atomic E-state index is 0.166. The maximum absolute atomic E-state index is 12.8. The zero-order valence-corrected chi connectivity index (χ0v) is 13.7. The van der Waals surface area contributed by atoms with Crippen LogP contribution in [0.4, 0.5) is 0 Å². The Kier molecular flexibility index (Phi) is 4.38. The second-order valence-electron chi connectivity index (χ2n) is 5.34. The molecular formula is C20H18O4. The van der Waals surface area contributed by atoms with Gasteiger partial charge in [0.2, 0.25) is 5.78 Å². The maximum Gasteiger partial charge on any atom is 0.228 e. The fraction of sp³-hybridized carbons (Fsp3) is 0.150. The van der Waals surface area contributed by atoms with Gasteiger partial charge >= 0.3 is 0 Å². The molecule has 0 saturated heterocycles. The van der Waals surface area contributed by atoms with Gasteiger partial charge in [-0.25, -0.2) is 0 Å². The van der Waals surface area contributed by atoms with Gasteiger partial charge in [-0.2, -0.15) is 0 Å². The van der Waals surface area contributed by atoms with Gasteiger partial charge in [0.1, 0.15) is 23.7 Å². The smallest absolute Gasteiger partial charge is 0.228 e. The summed E-state index contributed by atoms with van der Waals surface area (Å²) in [6.07, 6.45) is 1.68. The van der Waals surface area contributed by atoms with E-state index in [0.717, 1.165) is 10.9 Å². The van der Waals surface area contributed by atoms with Gasteiger partial charge in [-0.3, -0.25) is 4.79 Å². The molecule has 0 radical (unpaired) electrons. The van der Waals surface area contributed by atoms with Crippen LogP contribution in [0.3, 0.4) is 0 Å². The molecule has 3 aromatic rings. The Morgan fingerprint density at radius 1 is 1.21 bits per heavy atom. The van der Waals surface area contributed by atoms with E-state index in [9.17, 15) is 4.79 Å². The number of rotatable bonds is 6. The number of aryl methyl sites for hydroxylation is 1. The van der Waals surface area contributed by atoms with Crippen molar-refractivity contribution >= 4 is 16.8 Å². The molecule has 0 bridgehead atoms. The second kappa shape index (κ2) is 6.62. The standard InChI is InChI=1S/C20H18O4/c1-4-12-23-16-6-5-7-17-18(16)13(2)20(24-17)19(21)14-8-10-15(22-3)11-9-14/h4-11H,1,12H2,2-3H3. The number of ether oxygens (including phenoxy) is 2. The molecule has 0 aliphatic heterocycles. The Balaban J connectivity index is 2.04. The van der Waals surface area contributed by atoms with Crippen molar-refractivity contribution in [2.45, 2.75) is 6.92 Å². The van der Waals surface area contributed by atoms with E-state index in [0.29, 0.717) is 35.0 Å². The summed E-state index contributed by atoms with van der Waals surface area (Å²) < 4.78 is 16.6. The molecule has 0 saturated carbocycles. The molecule has 4 heteroatoms. The van der Waals surface area contributed by atoms with Crippen LogP contribution in [0.1, 0.15) is 21.7 Å². The maximum atomic E-state index is 12.8. The molecule has 0 spiro atoms. The third-order valence-electron chi connectivity index (χ3n) is 3.83. The molecular weight excluding hydrogens is 304 g/mol. The van der Waals surface area contributed by atoms with E-state index in [1.165, 1.54) is 0 Å². The van der Waals surface area contributed by atoms with Crippen molar-refractivity contribution in [2.75, 3.05) is 13.7 Å². The fourth-order valence-electron chi connectivity index (χ4n) is 2.62. The lowest BCUT2D eigenvalue weighted by atomic mass is 10.0. The van der Waals surface area contributed by atoms with Crippen molar-refractivity contribution in [2.24, 2.45) is 0 Å². The molecule has 4 nitrogen and oxygen atoms in total. The third-order valence-corrected chi connectivity index (χ3v) is 3.83. The Bertz CT molecular complexity index is 888. The first-order valence-corrected chi connectivity index (χ1v) is 7.60. The van der Waals surface area contributed by atoms with Crippen molar-refractivity contribution in [3.63, 3.8) is 0 Å². The molecule has 0 N–H and O–H groups in total. The number of carbonyl (C=O) groups excluding carboxylic acids is 1. The minimum atomic E-state index is -0.166. The van der Waals surface area contributed by atoms with Gasteiger partial charge in [-0.15, -0.1) is 0 Å². The lowest BCUT2D eigenvalue weighted by molar-refractivity contribution is 0.101. The summed E-state index contributed by atoms with van der Waals surface area (Å²) in [6, 6.07) is 12.5. The summed E-state index contributed by atoms with van der Waals surface area (Å²) in [5, 5.41) is 0.816. The molecule has 0 fully saturated rings. The first-order valence-electron chi connectivity index (χ1n) is 7.60. The van der Waals surface area contributed by atoms with Crippen LogP contribution in [-0.4, -0.2) is 19.5 Å². The number of hydrogen-bond donors (Lipinski definition) is 0. The molecule has 1 heterocycles. The topological polar surface area (TPSA) is 48.7 Å². The van der Waals surface area contributed by atoms with E-state index in [2.05, 4.69) is 6.58 Å². The molecule has 122 valence electrons. The van der Waals surface area contributed by atoms with Gasteiger partial charge in [0.25, 0.3) is 0 Å². The molecule has 0 aliphatic carbocycles. The highest BCUT2D eigenvalue weighted by molar-refractivity contribution is 6.11. The van der Waals surface area contributed by atoms with Crippen LogP contribution in [-0.2, 0) is 0 Å². The Morgan fingerprint density at radius 2 is 1.96 bits per heavy atom. The van der Waals surface area contributed by atoms with Gasteiger partial charge < -0.3 is 13.9 Å². The quantitative estimate of drug-likeness (QED) is 0.493. The van der Waals surface area contributed by atoms with Gasteiger partial charge in [0.15, 0.2) is 5.76 Å². The lowest BCUT2D eigenvalue weighted by Gasteiger charge is -2.04. The van der Waals surface area contributed by atoms with Crippen LogP contribution in [0.15, 0.2) is 59.5 Å². The first kappa shape index (κ1) is 15.9. The first-order chi connectivity index (χ1) is 11.7. The Labute approximate surface area is 140 Å². The largest absolute Gasteiger partial charge is 0.497 e. The lowest BCUT2D eigenvalue weighted by Crippen LogP contribution is -2.01. The number of carbonyl (C=O) groups is 1. The molecule has 0 aliphatic rings. The minimum Gasteiger partial charge on any atom is -0.497 e. The Morgan fingerprint density at radius 3 is 2.62 bits per heavy atom. The zero-order valence-electron chi connectivity index (χ0n) is 13.7. The predicted octanol–water partition coefficient (Wildman–Crippen LogP) is 4.55. The summed E-state index contributed by atoms with van der Waals surface area (Å²) >= 11 is 0.